The Morgan fingerprint density at radius 3 is 1.32 bits per heavy atom. The van der Waals surface area contributed by atoms with Crippen molar-refractivity contribution >= 4 is 127 Å². The molecule has 0 radical (unpaired) electrons. The topological polar surface area (TPSA) is 218 Å². The highest BCUT2D eigenvalue weighted by Gasteiger charge is 2.26. The van der Waals surface area contributed by atoms with Gasteiger partial charge < -0.3 is 30.7 Å². The Bertz CT molecular complexity index is 2750. The van der Waals surface area contributed by atoms with E-state index in [-0.39, 0.29) is 61.6 Å². The van der Waals surface area contributed by atoms with E-state index in [1.807, 2.05) is 0 Å². The van der Waals surface area contributed by atoms with E-state index in [4.69, 9.17) is 67.5 Å². The Balaban J connectivity index is 1.25. The summed E-state index contributed by atoms with van der Waals surface area (Å²) in [7, 11) is 3.01. The number of ketones is 2. The standard InChI is InChI=1S/C45H39Cl5N8O8/c1-23(59)40(57-55-35-13-25(11-30(49)18-35)42(61)51-33-6-9-38(65-3)28(16-33)21-47)44(63)53-32-5-8-37(27(15-32)20-46)54-45(64)41(24(2)60)58-56-36-14-26(12-31(50)19-36)43(62)52-34-7-10-39(66-4)29(17-34)22-48/h5-19,40-41H,20-22H2,1-4H3,(H,51,61)(H,52,62)(H,53,63)(H,54,64). The highest BCUT2D eigenvalue weighted by atomic mass is 35.5. The number of azo groups is 2. The van der Waals surface area contributed by atoms with Crippen LogP contribution in [-0.4, -0.2) is 61.5 Å². The van der Waals surface area contributed by atoms with Crippen LogP contribution in [-0.2, 0) is 36.8 Å². The molecule has 0 saturated heterocycles. The Morgan fingerprint density at radius 2 is 0.909 bits per heavy atom. The fourth-order valence-corrected chi connectivity index (χ4v) is 7.15. The molecule has 0 aliphatic heterocycles. The van der Waals surface area contributed by atoms with E-state index in [1.54, 1.807) is 36.4 Å². The number of nitrogens with zero attached hydrogens (tertiary/aromatic N) is 4. The minimum Gasteiger partial charge on any atom is -0.496 e. The Hall–Kier alpha value is -6.43. The number of anilines is 4. The zero-order chi connectivity index (χ0) is 48.1. The van der Waals surface area contributed by atoms with Gasteiger partial charge in [-0.15, -0.1) is 34.8 Å². The molecule has 5 aromatic rings. The molecule has 0 spiro atoms. The highest BCUT2D eigenvalue weighted by molar-refractivity contribution is 6.32. The number of rotatable bonds is 19. The molecule has 0 aliphatic rings. The average molecular weight is 997 g/mol. The minimum absolute atomic E-state index is 0.0834. The van der Waals surface area contributed by atoms with Gasteiger partial charge in [-0.3, -0.25) is 28.8 Å². The van der Waals surface area contributed by atoms with E-state index in [2.05, 4.69) is 41.7 Å². The van der Waals surface area contributed by atoms with Crippen molar-refractivity contribution in [3.05, 3.63) is 129 Å². The van der Waals surface area contributed by atoms with Crippen LogP contribution in [0.4, 0.5) is 34.1 Å². The monoisotopic (exact) mass is 994 g/mol. The zero-order valence-corrected chi connectivity index (χ0v) is 39.2. The van der Waals surface area contributed by atoms with E-state index in [1.165, 1.54) is 68.8 Å². The lowest BCUT2D eigenvalue weighted by Gasteiger charge is -2.15. The molecular formula is C45H39Cl5N8O8. The summed E-state index contributed by atoms with van der Waals surface area (Å²) in [5.41, 5.74) is 3.31. The number of halogens is 5. The maximum Gasteiger partial charge on any atom is 0.258 e. The van der Waals surface area contributed by atoms with Gasteiger partial charge in [0.25, 0.3) is 23.6 Å². The molecule has 4 N–H and O–H groups in total. The summed E-state index contributed by atoms with van der Waals surface area (Å²) >= 11 is 30.8. The predicted molar refractivity (Wildman–Crippen MR) is 255 cm³/mol. The minimum atomic E-state index is -1.62. The van der Waals surface area contributed by atoms with Crippen LogP contribution >= 0.6 is 58.0 Å². The second-order valence-electron chi connectivity index (χ2n) is 14.1. The number of ether oxygens (including phenoxy) is 2. The maximum absolute atomic E-state index is 13.4. The lowest BCUT2D eigenvalue weighted by molar-refractivity contribution is -0.127. The van der Waals surface area contributed by atoms with Gasteiger partial charge in [0.05, 0.1) is 37.4 Å². The number of carbonyl (C=O) groups excluding carboxylic acids is 6. The average Bonchev–Trinajstić information content (AvgIpc) is 3.28. The molecule has 16 nitrogen and oxygen atoms in total. The van der Waals surface area contributed by atoms with Crippen molar-refractivity contribution < 1.29 is 38.2 Å². The lowest BCUT2D eigenvalue weighted by Crippen LogP contribution is -2.32. The molecule has 21 heteroatoms. The van der Waals surface area contributed by atoms with Crippen molar-refractivity contribution in [2.45, 2.75) is 43.6 Å². The van der Waals surface area contributed by atoms with Gasteiger partial charge in [-0.05, 0) is 110 Å². The van der Waals surface area contributed by atoms with Crippen LogP contribution in [0.2, 0.25) is 10.0 Å². The number of alkyl halides is 3. The first kappa shape index (κ1) is 50.6. The van der Waals surface area contributed by atoms with Crippen molar-refractivity contribution in [2.24, 2.45) is 20.5 Å². The molecule has 342 valence electrons. The van der Waals surface area contributed by atoms with Crippen molar-refractivity contribution in [1.29, 1.82) is 0 Å². The normalized spacial score (nSPS) is 12.0. The van der Waals surface area contributed by atoms with Crippen LogP contribution in [0.25, 0.3) is 0 Å². The highest BCUT2D eigenvalue weighted by Crippen LogP contribution is 2.29. The molecule has 0 aromatic heterocycles. The first-order chi connectivity index (χ1) is 31.5. The molecule has 5 aromatic carbocycles. The number of benzene rings is 5. The summed E-state index contributed by atoms with van der Waals surface area (Å²) in [6, 6.07) is 19.3. The Morgan fingerprint density at radius 1 is 0.515 bits per heavy atom. The van der Waals surface area contributed by atoms with Gasteiger partial charge >= 0.3 is 0 Å². The van der Waals surface area contributed by atoms with Crippen molar-refractivity contribution in [1.82, 2.24) is 0 Å². The predicted octanol–water partition coefficient (Wildman–Crippen LogP) is 11.1. The van der Waals surface area contributed by atoms with Crippen molar-refractivity contribution in [2.75, 3.05) is 35.5 Å². The third-order valence-electron chi connectivity index (χ3n) is 9.27. The van der Waals surface area contributed by atoms with E-state index >= 15 is 0 Å². The summed E-state index contributed by atoms with van der Waals surface area (Å²) in [6.45, 7) is 2.30. The van der Waals surface area contributed by atoms with Gasteiger partial charge in [0.2, 0.25) is 12.1 Å². The summed E-state index contributed by atoms with van der Waals surface area (Å²) in [5, 5.41) is 27.0. The van der Waals surface area contributed by atoms with Crippen LogP contribution in [0.1, 0.15) is 51.3 Å². The lowest BCUT2D eigenvalue weighted by atomic mass is 10.1. The summed E-state index contributed by atoms with van der Waals surface area (Å²) < 4.78 is 10.5. The van der Waals surface area contributed by atoms with Gasteiger partial charge in [0.15, 0.2) is 11.6 Å². The Labute approximate surface area is 403 Å². The molecular weight excluding hydrogens is 958 g/mol. The number of amides is 4. The Kier molecular flexibility index (Phi) is 18.1. The molecule has 2 unspecified atom stereocenters. The molecule has 5 rings (SSSR count). The third kappa shape index (κ3) is 13.6. The molecule has 0 aliphatic carbocycles. The molecule has 4 amide bonds. The van der Waals surface area contributed by atoms with E-state index in [9.17, 15) is 28.8 Å². The number of methoxy groups -OCH3 is 2. The van der Waals surface area contributed by atoms with E-state index in [0.717, 1.165) is 13.8 Å². The maximum atomic E-state index is 13.4. The fraction of sp³-hybridized carbons (Fsp3) is 0.200. The second kappa shape index (κ2) is 23.7. The molecule has 2 atom stereocenters. The molecule has 0 fully saturated rings. The fourth-order valence-electron chi connectivity index (χ4n) is 6.06. The molecule has 0 bridgehead atoms. The number of nitrogens with one attached hydrogen (secondary N) is 4. The van der Waals surface area contributed by atoms with Crippen LogP contribution in [0.15, 0.2) is 111 Å². The first-order valence-corrected chi connectivity index (χ1v) is 21.7. The number of hydrogen-bond donors (Lipinski definition) is 4. The quantitative estimate of drug-likeness (QED) is 0.0353. The van der Waals surface area contributed by atoms with Crippen molar-refractivity contribution in [3.8, 4) is 11.5 Å². The molecule has 0 heterocycles. The van der Waals surface area contributed by atoms with Gasteiger partial charge in [0, 0.05) is 60.9 Å². The molecule has 66 heavy (non-hydrogen) atoms. The number of carbonyl (C=O) groups is 6. The van der Waals surface area contributed by atoms with Crippen LogP contribution in [0.5, 0.6) is 11.5 Å². The van der Waals surface area contributed by atoms with Gasteiger partial charge in [0.1, 0.15) is 11.5 Å². The summed E-state index contributed by atoms with van der Waals surface area (Å²) in [4.78, 5) is 78.2. The summed E-state index contributed by atoms with van der Waals surface area (Å²) in [5.74, 6) is -2.80. The van der Waals surface area contributed by atoms with E-state index < -0.39 is 47.3 Å². The van der Waals surface area contributed by atoms with Gasteiger partial charge in [-0.25, -0.2) is 0 Å². The van der Waals surface area contributed by atoms with Crippen LogP contribution < -0.4 is 30.7 Å². The number of Topliss-reactive ketones (excluding diaryl/α,β-unsaturated/α-hetero) is 2. The smallest absolute Gasteiger partial charge is 0.258 e. The van der Waals surface area contributed by atoms with Gasteiger partial charge in [-0.2, -0.15) is 20.5 Å². The largest absolute Gasteiger partial charge is 0.496 e. The first-order valence-electron chi connectivity index (χ1n) is 19.4. The molecule has 0 saturated carbocycles. The van der Waals surface area contributed by atoms with Crippen molar-refractivity contribution in [3.63, 3.8) is 0 Å². The van der Waals surface area contributed by atoms with E-state index in [0.29, 0.717) is 39.6 Å². The van der Waals surface area contributed by atoms with Crippen LogP contribution in [0.3, 0.4) is 0 Å². The SMILES string of the molecule is COc1ccc(NC(=O)c2cc(Cl)cc(N=NC(C(C)=O)C(=O)Nc3ccc(NC(=O)C(N=Nc4cc(Cl)cc(C(=O)Nc5ccc(OC)c(CCl)c5)c4)C(C)=O)c(CCl)c3)c2)cc1CCl. The second-order valence-corrected chi connectivity index (χ2v) is 15.7. The van der Waals surface area contributed by atoms with Crippen LogP contribution in [0, 0.1) is 0 Å². The van der Waals surface area contributed by atoms with Gasteiger partial charge in [-0.1, -0.05) is 23.2 Å². The zero-order valence-electron chi connectivity index (χ0n) is 35.4. The number of hydrogen-bond acceptors (Lipinski definition) is 12. The third-order valence-corrected chi connectivity index (χ3v) is 10.6. The summed E-state index contributed by atoms with van der Waals surface area (Å²) in [6.07, 6.45) is 0.